The molecule has 96 valence electrons. The summed E-state index contributed by atoms with van der Waals surface area (Å²) >= 11 is 0. The minimum atomic E-state index is -0.872. The van der Waals surface area contributed by atoms with Gasteiger partial charge in [-0.05, 0) is 18.4 Å². The zero-order chi connectivity index (χ0) is 13.1. The summed E-state index contributed by atoms with van der Waals surface area (Å²) < 4.78 is 0. The van der Waals surface area contributed by atoms with E-state index in [0.717, 1.165) is 12.0 Å². The molecule has 3 atom stereocenters. The highest BCUT2D eigenvalue weighted by Gasteiger charge is 2.48. The largest absolute Gasteiger partial charge is 0.481 e. The molecular formula is C14H17NO3. The second kappa shape index (κ2) is 5.21. The van der Waals surface area contributed by atoms with Gasteiger partial charge in [0.1, 0.15) is 0 Å². The monoisotopic (exact) mass is 247 g/mol. The molecule has 18 heavy (non-hydrogen) atoms. The Kier molecular flexibility index (Phi) is 3.65. The van der Waals surface area contributed by atoms with Crippen LogP contribution in [0, 0.1) is 11.8 Å². The first-order valence-electron chi connectivity index (χ1n) is 6.21. The van der Waals surface area contributed by atoms with Gasteiger partial charge in [-0.25, -0.2) is 0 Å². The molecule has 1 unspecified atom stereocenters. The summed E-state index contributed by atoms with van der Waals surface area (Å²) in [6.45, 7) is 2.00. The second-order valence-electron chi connectivity index (χ2n) is 4.67. The number of hydrogen-bond donors (Lipinski definition) is 2. The van der Waals surface area contributed by atoms with Gasteiger partial charge in [0.2, 0.25) is 5.91 Å². The molecule has 0 heterocycles. The first kappa shape index (κ1) is 12.6. The number of carboxylic acid groups (broad SMARTS) is 1. The number of hydrogen-bond acceptors (Lipinski definition) is 2. The van der Waals surface area contributed by atoms with E-state index in [-0.39, 0.29) is 17.9 Å². The normalized spacial score (nSPS) is 23.2. The molecule has 1 fully saturated rings. The lowest BCUT2D eigenvalue weighted by molar-refractivity contribution is -0.140. The topological polar surface area (TPSA) is 66.4 Å². The summed E-state index contributed by atoms with van der Waals surface area (Å²) in [5.41, 5.74) is 1.06. The van der Waals surface area contributed by atoms with Crippen LogP contribution in [0.15, 0.2) is 30.3 Å². The molecule has 1 aromatic rings. The first-order valence-corrected chi connectivity index (χ1v) is 6.21. The average Bonchev–Trinajstić information content (AvgIpc) is 3.17. The van der Waals surface area contributed by atoms with Crippen molar-refractivity contribution in [3.05, 3.63) is 35.9 Å². The van der Waals surface area contributed by atoms with E-state index in [1.54, 1.807) is 0 Å². The van der Waals surface area contributed by atoms with E-state index in [4.69, 9.17) is 5.11 Å². The van der Waals surface area contributed by atoms with Crippen molar-refractivity contribution in [2.24, 2.45) is 11.8 Å². The predicted molar refractivity (Wildman–Crippen MR) is 66.8 cm³/mol. The van der Waals surface area contributed by atoms with Gasteiger partial charge in [0, 0.05) is 0 Å². The molecule has 1 saturated carbocycles. The zero-order valence-corrected chi connectivity index (χ0v) is 10.3. The molecule has 1 aliphatic carbocycles. The Morgan fingerprint density at radius 3 is 2.50 bits per heavy atom. The molecule has 1 aromatic carbocycles. The van der Waals surface area contributed by atoms with Crippen molar-refractivity contribution in [2.45, 2.75) is 25.8 Å². The molecule has 0 bridgehead atoms. The Hall–Kier alpha value is -1.84. The molecule has 1 amide bonds. The van der Waals surface area contributed by atoms with Crippen molar-refractivity contribution < 1.29 is 14.7 Å². The van der Waals surface area contributed by atoms with Gasteiger partial charge in [0.05, 0.1) is 17.9 Å². The summed E-state index contributed by atoms with van der Waals surface area (Å²) in [6, 6.07) is 9.70. The molecule has 2 rings (SSSR count). The van der Waals surface area contributed by atoms with E-state index in [0.29, 0.717) is 6.42 Å². The van der Waals surface area contributed by atoms with Crippen LogP contribution >= 0.6 is 0 Å². The van der Waals surface area contributed by atoms with Crippen molar-refractivity contribution >= 4 is 11.9 Å². The summed E-state index contributed by atoms with van der Waals surface area (Å²) in [4.78, 5) is 22.6. The summed E-state index contributed by atoms with van der Waals surface area (Å²) in [5.74, 6) is -1.85. The van der Waals surface area contributed by atoms with E-state index >= 15 is 0 Å². The van der Waals surface area contributed by atoms with Crippen LogP contribution in [0.3, 0.4) is 0 Å². The second-order valence-corrected chi connectivity index (χ2v) is 4.67. The van der Waals surface area contributed by atoms with Crippen LogP contribution in [0.5, 0.6) is 0 Å². The van der Waals surface area contributed by atoms with Crippen LogP contribution < -0.4 is 5.32 Å². The van der Waals surface area contributed by atoms with Crippen LogP contribution in [-0.2, 0) is 9.59 Å². The molecule has 0 aliphatic heterocycles. The molecule has 0 aromatic heterocycles. The SMILES string of the molecule is CCC(NC(=O)[C@@H]1C[C@@H]1C(=O)O)c1ccccc1. The average molecular weight is 247 g/mol. The molecule has 0 saturated heterocycles. The van der Waals surface area contributed by atoms with Crippen molar-refractivity contribution in [2.75, 3.05) is 0 Å². The molecule has 0 spiro atoms. The Morgan fingerprint density at radius 1 is 1.33 bits per heavy atom. The highest BCUT2D eigenvalue weighted by molar-refractivity contribution is 5.89. The van der Waals surface area contributed by atoms with E-state index in [1.165, 1.54) is 0 Å². The fraction of sp³-hybridized carbons (Fsp3) is 0.429. The minimum absolute atomic E-state index is 0.0336. The lowest BCUT2D eigenvalue weighted by Crippen LogP contribution is -2.30. The van der Waals surface area contributed by atoms with Crippen molar-refractivity contribution in [1.82, 2.24) is 5.32 Å². The molecule has 2 N–H and O–H groups in total. The number of benzene rings is 1. The number of aliphatic carboxylic acids is 1. The fourth-order valence-corrected chi connectivity index (χ4v) is 2.14. The number of amides is 1. The smallest absolute Gasteiger partial charge is 0.307 e. The highest BCUT2D eigenvalue weighted by Crippen LogP contribution is 2.39. The van der Waals surface area contributed by atoms with Crippen molar-refractivity contribution in [3.63, 3.8) is 0 Å². The zero-order valence-electron chi connectivity index (χ0n) is 10.3. The highest BCUT2D eigenvalue weighted by atomic mass is 16.4. The van der Waals surface area contributed by atoms with Crippen LogP contribution in [0.2, 0.25) is 0 Å². The fourth-order valence-electron chi connectivity index (χ4n) is 2.14. The van der Waals surface area contributed by atoms with E-state index in [1.807, 2.05) is 37.3 Å². The van der Waals surface area contributed by atoms with E-state index < -0.39 is 11.9 Å². The Labute approximate surface area is 106 Å². The summed E-state index contributed by atoms with van der Waals surface area (Å²) in [6.07, 6.45) is 1.26. The molecule has 0 radical (unpaired) electrons. The van der Waals surface area contributed by atoms with Gasteiger partial charge < -0.3 is 10.4 Å². The van der Waals surface area contributed by atoms with Gasteiger partial charge in [-0.3, -0.25) is 9.59 Å². The van der Waals surface area contributed by atoms with Gasteiger partial charge in [-0.2, -0.15) is 0 Å². The maximum absolute atomic E-state index is 11.9. The third-order valence-electron chi connectivity index (χ3n) is 3.37. The van der Waals surface area contributed by atoms with Gasteiger partial charge in [-0.1, -0.05) is 37.3 Å². The van der Waals surface area contributed by atoms with Gasteiger partial charge >= 0.3 is 5.97 Å². The maximum Gasteiger partial charge on any atom is 0.307 e. The summed E-state index contributed by atoms with van der Waals surface area (Å²) in [7, 11) is 0. The van der Waals surface area contributed by atoms with Gasteiger partial charge in [0.25, 0.3) is 0 Å². The van der Waals surface area contributed by atoms with Gasteiger partial charge in [-0.15, -0.1) is 0 Å². The van der Waals surface area contributed by atoms with Crippen LogP contribution in [-0.4, -0.2) is 17.0 Å². The Morgan fingerprint density at radius 2 is 2.00 bits per heavy atom. The first-order chi connectivity index (χ1) is 8.63. The van der Waals surface area contributed by atoms with Crippen molar-refractivity contribution in [3.8, 4) is 0 Å². The third-order valence-corrected chi connectivity index (χ3v) is 3.37. The molecule has 4 heteroatoms. The van der Waals surface area contributed by atoms with Crippen molar-refractivity contribution in [1.29, 1.82) is 0 Å². The molecule has 1 aliphatic rings. The van der Waals surface area contributed by atoms with Crippen LogP contribution in [0.25, 0.3) is 0 Å². The van der Waals surface area contributed by atoms with E-state index in [2.05, 4.69) is 5.32 Å². The molecule has 4 nitrogen and oxygen atoms in total. The van der Waals surface area contributed by atoms with Crippen LogP contribution in [0.1, 0.15) is 31.4 Å². The molecular weight excluding hydrogens is 230 g/mol. The predicted octanol–water partition coefficient (Wildman–Crippen LogP) is 1.97. The number of carbonyl (C=O) groups is 2. The van der Waals surface area contributed by atoms with E-state index in [9.17, 15) is 9.59 Å². The Bertz CT molecular complexity index is 444. The third kappa shape index (κ3) is 2.70. The Balaban J connectivity index is 1.96. The quantitative estimate of drug-likeness (QED) is 0.836. The number of carbonyl (C=O) groups excluding carboxylic acids is 1. The lowest BCUT2D eigenvalue weighted by Gasteiger charge is -2.17. The number of carboxylic acids is 1. The minimum Gasteiger partial charge on any atom is -0.481 e. The number of nitrogens with one attached hydrogen (secondary N) is 1. The summed E-state index contributed by atoms with van der Waals surface area (Å²) in [5, 5.41) is 11.7. The van der Waals surface area contributed by atoms with Gasteiger partial charge in [0.15, 0.2) is 0 Å². The standard InChI is InChI=1S/C14H17NO3/c1-2-12(9-6-4-3-5-7-9)15-13(16)10-8-11(10)14(17)18/h3-7,10-12H,2,8H2,1H3,(H,15,16)(H,17,18)/t10-,11+,12?/m1/s1. The maximum atomic E-state index is 11.9. The van der Waals surface area contributed by atoms with Crippen LogP contribution in [0.4, 0.5) is 0 Å². The lowest BCUT2D eigenvalue weighted by atomic mass is 10.0. The number of rotatable bonds is 5.